The topological polar surface area (TPSA) is 49.4 Å². The molecule has 0 bridgehead atoms. The van der Waals surface area contributed by atoms with E-state index in [-0.39, 0.29) is 0 Å². The monoisotopic (exact) mass is 153 g/mol. The molecule has 0 aliphatic carbocycles. The Morgan fingerprint density at radius 1 is 1.45 bits per heavy atom. The maximum atomic E-state index is 5.71. The maximum absolute atomic E-state index is 5.71. The van der Waals surface area contributed by atoms with Crippen LogP contribution < -0.4 is 15.5 Å². The normalized spacial score (nSPS) is 9.73. The highest BCUT2D eigenvalue weighted by Crippen LogP contribution is 2.18. The first kappa shape index (κ1) is 7.85. The fraction of sp³-hybridized carbons (Fsp3) is 0.375. The Hall–Kier alpha value is -1.25. The van der Waals surface area contributed by atoms with Crippen molar-refractivity contribution in [3.8, 4) is 5.88 Å². The van der Waals surface area contributed by atoms with Crippen LogP contribution in [0.3, 0.4) is 0 Å². The number of nitrogen functional groups attached to an aromatic ring is 1. The molecular formula is C8H13N2O+. The fourth-order valence-corrected chi connectivity index (χ4v) is 1.03. The van der Waals surface area contributed by atoms with Gasteiger partial charge < -0.3 is 10.5 Å². The van der Waals surface area contributed by atoms with E-state index >= 15 is 0 Å². The van der Waals surface area contributed by atoms with Gasteiger partial charge in [-0.05, 0) is 12.5 Å². The summed E-state index contributed by atoms with van der Waals surface area (Å²) in [5.74, 6) is 0.641. The Balaban J connectivity index is 3.24. The van der Waals surface area contributed by atoms with E-state index in [4.69, 9.17) is 10.5 Å². The standard InChI is InChI=1S/C8H12N2O/c1-5-4-6(2)10-8(11-3)7(5)9/h4H,9H2,1-3H3/p+1. The van der Waals surface area contributed by atoms with Gasteiger partial charge in [-0.15, -0.1) is 0 Å². The van der Waals surface area contributed by atoms with Crippen molar-refractivity contribution in [2.24, 2.45) is 0 Å². The molecule has 0 amide bonds. The number of aromatic amines is 1. The molecule has 0 unspecified atom stereocenters. The van der Waals surface area contributed by atoms with Crippen LogP contribution in [-0.2, 0) is 0 Å². The molecule has 3 nitrogen and oxygen atoms in total. The molecule has 1 aromatic heterocycles. The number of hydrogen-bond donors (Lipinski definition) is 1. The lowest BCUT2D eigenvalue weighted by Crippen LogP contribution is -2.14. The van der Waals surface area contributed by atoms with Gasteiger partial charge >= 0.3 is 5.88 Å². The average molecular weight is 153 g/mol. The van der Waals surface area contributed by atoms with Crippen molar-refractivity contribution in [2.75, 3.05) is 12.8 Å². The first-order valence-electron chi connectivity index (χ1n) is 3.48. The van der Waals surface area contributed by atoms with Crippen LogP contribution in [0.25, 0.3) is 0 Å². The fourth-order valence-electron chi connectivity index (χ4n) is 1.03. The van der Waals surface area contributed by atoms with Crippen LogP contribution >= 0.6 is 0 Å². The van der Waals surface area contributed by atoms with Crippen LogP contribution in [0, 0.1) is 13.8 Å². The third-order valence-corrected chi connectivity index (χ3v) is 1.62. The number of nitrogens with one attached hydrogen (secondary N) is 1. The van der Waals surface area contributed by atoms with E-state index < -0.39 is 0 Å². The van der Waals surface area contributed by atoms with Crippen molar-refractivity contribution in [3.63, 3.8) is 0 Å². The molecule has 0 radical (unpaired) electrons. The summed E-state index contributed by atoms with van der Waals surface area (Å²) in [7, 11) is 1.60. The summed E-state index contributed by atoms with van der Waals surface area (Å²) in [6.45, 7) is 3.92. The quantitative estimate of drug-likeness (QED) is 0.646. The number of ether oxygens (including phenoxy) is 1. The van der Waals surface area contributed by atoms with E-state index in [1.165, 1.54) is 0 Å². The second kappa shape index (κ2) is 2.78. The zero-order chi connectivity index (χ0) is 8.43. The van der Waals surface area contributed by atoms with Crippen LogP contribution in [0.4, 0.5) is 5.69 Å². The number of rotatable bonds is 1. The minimum Gasteiger partial charge on any atom is -0.446 e. The summed E-state index contributed by atoms with van der Waals surface area (Å²) in [4.78, 5) is 3.02. The Morgan fingerprint density at radius 3 is 2.64 bits per heavy atom. The number of methoxy groups -OCH3 is 1. The molecule has 60 valence electrons. The summed E-state index contributed by atoms with van der Waals surface area (Å²) < 4.78 is 5.03. The van der Waals surface area contributed by atoms with Crippen molar-refractivity contribution in [3.05, 3.63) is 17.3 Å². The van der Waals surface area contributed by atoms with Gasteiger partial charge in [-0.3, -0.25) is 0 Å². The summed E-state index contributed by atoms with van der Waals surface area (Å²) >= 11 is 0. The molecule has 11 heavy (non-hydrogen) atoms. The lowest BCUT2D eigenvalue weighted by Gasteiger charge is -2.00. The van der Waals surface area contributed by atoms with E-state index in [0.717, 1.165) is 11.3 Å². The van der Waals surface area contributed by atoms with Gasteiger partial charge in [0, 0.05) is 13.0 Å². The number of hydrogen-bond acceptors (Lipinski definition) is 2. The van der Waals surface area contributed by atoms with Gasteiger partial charge in [0.25, 0.3) is 0 Å². The summed E-state index contributed by atoms with van der Waals surface area (Å²) in [5.41, 5.74) is 8.47. The number of aromatic nitrogens is 1. The first-order chi connectivity index (χ1) is 5.15. The zero-order valence-corrected chi connectivity index (χ0v) is 7.06. The van der Waals surface area contributed by atoms with Gasteiger partial charge in [-0.1, -0.05) is 0 Å². The maximum Gasteiger partial charge on any atom is 0.390 e. The molecule has 0 aliphatic heterocycles. The second-order valence-electron chi connectivity index (χ2n) is 2.58. The van der Waals surface area contributed by atoms with Crippen LogP contribution in [0.15, 0.2) is 6.07 Å². The third-order valence-electron chi connectivity index (χ3n) is 1.62. The van der Waals surface area contributed by atoms with E-state index in [9.17, 15) is 0 Å². The number of pyridine rings is 1. The molecular weight excluding hydrogens is 140 g/mol. The summed E-state index contributed by atoms with van der Waals surface area (Å²) in [5, 5.41) is 0. The molecule has 3 heteroatoms. The predicted octanol–water partition coefficient (Wildman–Crippen LogP) is 0.708. The minimum absolute atomic E-state index is 0.641. The van der Waals surface area contributed by atoms with E-state index in [2.05, 4.69) is 4.98 Å². The van der Waals surface area contributed by atoms with Gasteiger partial charge in [0.05, 0.1) is 7.11 Å². The number of nitrogens with two attached hydrogens (primary N) is 1. The van der Waals surface area contributed by atoms with Gasteiger partial charge in [-0.2, -0.15) is 4.98 Å². The molecule has 0 atom stereocenters. The van der Waals surface area contributed by atoms with Crippen LogP contribution in [0.2, 0.25) is 0 Å². The molecule has 0 spiro atoms. The van der Waals surface area contributed by atoms with E-state index in [1.54, 1.807) is 7.11 Å². The molecule has 1 rings (SSSR count). The Bertz CT molecular complexity index is 271. The van der Waals surface area contributed by atoms with Crippen LogP contribution in [0.5, 0.6) is 5.88 Å². The van der Waals surface area contributed by atoms with Gasteiger partial charge in [-0.25, -0.2) is 0 Å². The second-order valence-corrected chi connectivity index (χ2v) is 2.58. The van der Waals surface area contributed by atoms with Crippen LogP contribution in [-0.4, -0.2) is 7.11 Å². The van der Waals surface area contributed by atoms with E-state index in [0.29, 0.717) is 11.6 Å². The molecule has 0 aromatic carbocycles. The third kappa shape index (κ3) is 1.42. The molecule has 0 fully saturated rings. The lowest BCUT2D eigenvalue weighted by atomic mass is 10.2. The molecule has 1 aromatic rings. The lowest BCUT2D eigenvalue weighted by molar-refractivity contribution is -0.400. The Morgan fingerprint density at radius 2 is 2.09 bits per heavy atom. The van der Waals surface area contributed by atoms with Crippen molar-refractivity contribution in [1.82, 2.24) is 0 Å². The summed E-state index contributed by atoms with van der Waals surface area (Å²) in [6.07, 6.45) is 0. The number of anilines is 1. The van der Waals surface area contributed by atoms with Crippen molar-refractivity contribution >= 4 is 5.69 Å². The molecule has 0 saturated heterocycles. The molecule has 1 heterocycles. The van der Waals surface area contributed by atoms with E-state index in [1.807, 2.05) is 19.9 Å². The highest BCUT2D eigenvalue weighted by atomic mass is 16.5. The first-order valence-corrected chi connectivity index (χ1v) is 3.48. The predicted molar refractivity (Wildman–Crippen MR) is 43.4 cm³/mol. The van der Waals surface area contributed by atoms with Gasteiger partial charge in [0.15, 0.2) is 5.69 Å². The van der Waals surface area contributed by atoms with Gasteiger partial charge in [0.1, 0.15) is 5.69 Å². The van der Waals surface area contributed by atoms with Gasteiger partial charge in [0.2, 0.25) is 0 Å². The molecule has 3 N–H and O–H groups in total. The highest BCUT2D eigenvalue weighted by molar-refractivity contribution is 5.51. The smallest absolute Gasteiger partial charge is 0.390 e. The molecule has 0 aliphatic rings. The summed E-state index contributed by atoms with van der Waals surface area (Å²) in [6, 6.07) is 1.98. The Kier molecular flexibility index (Phi) is 1.98. The SMILES string of the molecule is COc1[nH+]c(C)cc(C)c1N. The van der Waals surface area contributed by atoms with Crippen molar-refractivity contribution in [1.29, 1.82) is 0 Å². The average Bonchev–Trinajstić information content (AvgIpc) is 1.96. The number of aryl methyl sites for hydroxylation is 2. The minimum atomic E-state index is 0.641. The van der Waals surface area contributed by atoms with Crippen molar-refractivity contribution < 1.29 is 9.72 Å². The largest absolute Gasteiger partial charge is 0.446 e. The zero-order valence-electron chi connectivity index (χ0n) is 7.06. The number of H-pyrrole nitrogens is 1. The highest BCUT2D eigenvalue weighted by Gasteiger charge is 2.10. The molecule has 0 saturated carbocycles. The Labute approximate surface area is 66.2 Å². The van der Waals surface area contributed by atoms with Crippen molar-refractivity contribution in [2.45, 2.75) is 13.8 Å². The van der Waals surface area contributed by atoms with Crippen LogP contribution in [0.1, 0.15) is 11.3 Å².